The monoisotopic (exact) mass is 285 g/mol. The minimum Gasteiger partial charge on any atom is -0.369 e. The molecule has 0 aromatic carbocycles. The fourth-order valence-electron chi connectivity index (χ4n) is 1.85. The smallest absolute Gasteiger partial charge is 0.221 e. The molecule has 0 aliphatic heterocycles. The Bertz CT molecular complexity index is 627. The summed E-state index contributed by atoms with van der Waals surface area (Å²) >= 11 is 0. The Morgan fingerprint density at radius 1 is 1.19 bits per heavy atom. The van der Waals surface area contributed by atoms with Crippen LogP contribution in [0, 0.1) is 13.8 Å². The number of amides is 1. The minimum atomic E-state index is 0.000267. The van der Waals surface area contributed by atoms with Crippen LogP contribution >= 0.6 is 0 Å². The van der Waals surface area contributed by atoms with Gasteiger partial charge in [0.1, 0.15) is 5.82 Å². The van der Waals surface area contributed by atoms with E-state index in [4.69, 9.17) is 0 Å². The van der Waals surface area contributed by atoms with Crippen molar-refractivity contribution in [1.29, 1.82) is 0 Å². The van der Waals surface area contributed by atoms with E-state index >= 15 is 0 Å². The zero-order chi connectivity index (χ0) is 15.2. The molecule has 0 atom stereocenters. The molecule has 110 valence electrons. The molecule has 2 aromatic rings. The molecule has 0 radical (unpaired) electrons. The Hall–Kier alpha value is -2.50. The van der Waals surface area contributed by atoms with Crippen molar-refractivity contribution in [3.05, 3.63) is 35.8 Å². The molecule has 2 heterocycles. The molecule has 2 N–H and O–H groups in total. The summed E-state index contributed by atoms with van der Waals surface area (Å²) in [5, 5.41) is 5.80. The largest absolute Gasteiger partial charge is 0.369 e. The third-order valence-corrected chi connectivity index (χ3v) is 3.25. The van der Waals surface area contributed by atoms with Crippen molar-refractivity contribution in [2.24, 2.45) is 0 Å². The highest BCUT2D eigenvalue weighted by Crippen LogP contribution is 2.21. The van der Waals surface area contributed by atoms with E-state index in [1.807, 2.05) is 26.0 Å². The van der Waals surface area contributed by atoms with E-state index < -0.39 is 0 Å². The molecule has 6 heteroatoms. The van der Waals surface area contributed by atoms with Crippen molar-refractivity contribution in [3.63, 3.8) is 0 Å². The number of rotatable bonds is 5. The third-order valence-electron chi connectivity index (χ3n) is 3.25. The molecule has 0 aliphatic rings. The highest BCUT2D eigenvalue weighted by Gasteiger charge is 2.09. The number of nitrogens with zero attached hydrogens (tertiary/aromatic N) is 3. The normalized spacial score (nSPS) is 10.2. The second kappa shape index (κ2) is 6.78. The molecule has 21 heavy (non-hydrogen) atoms. The van der Waals surface area contributed by atoms with Crippen LogP contribution in [0.4, 0.5) is 5.82 Å². The number of aromatic nitrogens is 3. The summed E-state index contributed by atoms with van der Waals surface area (Å²) in [7, 11) is 1.63. The van der Waals surface area contributed by atoms with Crippen LogP contribution in [-0.2, 0) is 4.79 Å². The van der Waals surface area contributed by atoms with Crippen molar-refractivity contribution in [2.75, 3.05) is 18.9 Å². The standard InChI is InChI=1S/C15H19N5O/c1-10-11(2)19-15(12-4-7-17-8-5-12)20-14(10)18-9-6-13(21)16-3/h4-5,7-8H,6,9H2,1-3H3,(H,16,21)(H,18,19,20). The van der Waals surface area contributed by atoms with E-state index in [-0.39, 0.29) is 5.91 Å². The SMILES string of the molecule is CNC(=O)CCNc1nc(-c2ccncc2)nc(C)c1C. The molecule has 0 saturated carbocycles. The van der Waals surface area contributed by atoms with Gasteiger partial charge in [0.05, 0.1) is 0 Å². The first kappa shape index (κ1) is 14.9. The number of hydrogen-bond acceptors (Lipinski definition) is 5. The summed E-state index contributed by atoms with van der Waals surface area (Å²) in [6.07, 6.45) is 3.84. The maximum atomic E-state index is 11.3. The average Bonchev–Trinajstić information content (AvgIpc) is 2.51. The second-order valence-corrected chi connectivity index (χ2v) is 4.69. The predicted octanol–water partition coefficient (Wildman–Crippen LogP) is 1.70. The molecule has 0 bridgehead atoms. The summed E-state index contributed by atoms with van der Waals surface area (Å²) in [5.41, 5.74) is 2.83. The van der Waals surface area contributed by atoms with Gasteiger partial charge in [-0.3, -0.25) is 9.78 Å². The number of hydrogen-bond donors (Lipinski definition) is 2. The van der Waals surface area contributed by atoms with Crippen molar-refractivity contribution in [3.8, 4) is 11.4 Å². The Morgan fingerprint density at radius 2 is 1.90 bits per heavy atom. The van der Waals surface area contributed by atoms with E-state index in [0.717, 1.165) is 22.6 Å². The first-order chi connectivity index (χ1) is 10.1. The van der Waals surface area contributed by atoms with Gasteiger partial charge < -0.3 is 10.6 Å². The lowest BCUT2D eigenvalue weighted by Crippen LogP contribution is -2.21. The molecular weight excluding hydrogens is 266 g/mol. The van der Waals surface area contributed by atoms with E-state index in [1.165, 1.54) is 0 Å². The fraction of sp³-hybridized carbons (Fsp3) is 0.333. The van der Waals surface area contributed by atoms with Gasteiger partial charge >= 0.3 is 0 Å². The van der Waals surface area contributed by atoms with Crippen LogP contribution in [0.1, 0.15) is 17.7 Å². The van der Waals surface area contributed by atoms with Gasteiger partial charge in [0.2, 0.25) is 5.91 Å². The van der Waals surface area contributed by atoms with Gasteiger partial charge in [0, 0.05) is 49.2 Å². The van der Waals surface area contributed by atoms with Crippen LogP contribution in [0.15, 0.2) is 24.5 Å². The summed E-state index contributed by atoms with van der Waals surface area (Å²) in [5.74, 6) is 1.42. The van der Waals surface area contributed by atoms with Crippen LogP contribution in [-0.4, -0.2) is 34.5 Å². The van der Waals surface area contributed by atoms with Crippen LogP contribution in [0.25, 0.3) is 11.4 Å². The maximum Gasteiger partial charge on any atom is 0.221 e. The third kappa shape index (κ3) is 3.75. The molecule has 0 aliphatic carbocycles. The molecule has 0 fully saturated rings. The quantitative estimate of drug-likeness (QED) is 0.874. The summed E-state index contributed by atoms with van der Waals surface area (Å²) in [6.45, 7) is 4.45. The van der Waals surface area contributed by atoms with Gasteiger partial charge in [-0.25, -0.2) is 9.97 Å². The lowest BCUT2D eigenvalue weighted by Gasteiger charge is -2.12. The Kier molecular flexibility index (Phi) is 4.81. The zero-order valence-electron chi connectivity index (χ0n) is 12.5. The molecule has 2 rings (SSSR count). The fourth-order valence-corrected chi connectivity index (χ4v) is 1.85. The van der Waals surface area contributed by atoms with Crippen LogP contribution in [0.3, 0.4) is 0 Å². The van der Waals surface area contributed by atoms with E-state index in [1.54, 1.807) is 19.4 Å². The first-order valence-corrected chi connectivity index (χ1v) is 6.82. The molecule has 0 unspecified atom stereocenters. The molecule has 2 aromatic heterocycles. The Balaban J connectivity index is 2.21. The molecule has 0 spiro atoms. The van der Waals surface area contributed by atoms with Crippen molar-refractivity contribution in [2.45, 2.75) is 20.3 Å². The summed E-state index contributed by atoms with van der Waals surface area (Å²) in [6, 6.07) is 3.75. The highest BCUT2D eigenvalue weighted by atomic mass is 16.1. The highest BCUT2D eigenvalue weighted by molar-refractivity contribution is 5.76. The van der Waals surface area contributed by atoms with Gasteiger partial charge in [-0.1, -0.05) is 0 Å². The number of nitrogens with one attached hydrogen (secondary N) is 2. The molecular formula is C15H19N5O. The number of pyridine rings is 1. The molecule has 0 saturated heterocycles. The van der Waals surface area contributed by atoms with Crippen LogP contribution in [0.2, 0.25) is 0 Å². The lowest BCUT2D eigenvalue weighted by atomic mass is 10.2. The zero-order valence-corrected chi connectivity index (χ0v) is 12.5. The van der Waals surface area contributed by atoms with Gasteiger partial charge in [0.15, 0.2) is 5.82 Å². The summed E-state index contributed by atoms with van der Waals surface area (Å²) < 4.78 is 0. The average molecular weight is 285 g/mol. The second-order valence-electron chi connectivity index (χ2n) is 4.69. The van der Waals surface area contributed by atoms with Gasteiger partial charge in [-0.15, -0.1) is 0 Å². The number of carbonyl (C=O) groups is 1. The minimum absolute atomic E-state index is 0.000267. The van der Waals surface area contributed by atoms with Crippen molar-refractivity contribution in [1.82, 2.24) is 20.3 Å². The number of aryl methyl sites for hydroxylation is 1. The van der Waals surface area contributed by atoms with E-state index in [2.05, 4.69) is 25.6 Å². The van der Waals surface area contributed by atoms with Crippen molar-refractivity contribution >= 4 is 11.7 Å². The maximum absolute atomic E-state index is 11.3. The van der Waals surface area contributed by atoms with Crippen LogP contribution < -0.4 is 10.6 Å². The van der Waals surface area contributed by atoms with Gasteiger partial charge in [-0.05, 0) is 26.0 Å². The lowest BCUT2D eigenvalue weighted by molar-refractivity contribution is -0.120. The predicted molar refractivity (Wildman–Crippen MR) is 81.9 cm³/mol. The van der Waals surface area contributed by atoms with Gasteiger partial charge in [-0.2, -0.15) is 0 Å². The van der Waals surface area contributed by atoms with Crippen LogP contribution in [0.5, 0.6) is 0 Å². The number of carbonyl (C=O) groups excluding carboxylic acids is 1. The Morgan fingerprint density at radius 3 is 2.57 bits per heavy atom. The topological polar surface area (TPSA) is 79.8 Å². The molecule has 6 nitrogen and oxygen atoms in total. The van der Waals surface area contributed by atoms with Crippen molar-refractivity contribution < 1.29 is 4.79 Å². The van der Waals surface area contributed by atoms with E-state index in [9.17, 15) is 4.79 Å². The molecule has 1 amide bonds. The van der Waals surface area contributed by atoms with E-state index in [0.29, 0.717) is 18.8 Å². The number of anilines is 1. The first-order valence-electron chi connectivity index (χ1n) is 6.82. The Labute approximate surface area is 124 Å². The summed E-state index contributed by atoms with van der Waals surface area (Å²) in [4.78, 5) is 24.3. The van der Waals surface area contributed by atoms with Gasteiger partial charge in [0.25, 0.3) is 0 Å².